The van der Waals surface area contributed by atoms with Gasteiger partial charge < -0.3 is 10.2 Å². The quantitative estimate of drug-likeness (QED) is 0.926. The third-order valence-corrected chi connectivity index (χ3v) is 4.67. The molecule has 1 heterocycles. The van der Waals surface area contributed by atoms with E-state index in [-0.39, 0.29) is 24.2 Å². The van der Waals surface area contributed by atoms with Crippen LogP contribution in [0.2, 0.25) is 5.02 Å². The number of para-hydroxylation sites is 1. The van der Waals surface area contributed by atoms with Crippen molar-refractivity contribution in [1.29, 1.82) is 0 Å². The average molecular weight is 343 g/mol. The second kappa shape index (κ2) is 7.05. The summed E-state index contributed by atoms with van der Waals surface area (Å²) in [4.78, 5) is 26.3. The fourth-order valence-electron chi connectivity index (χ4n) is 2.92. The monoisotopic (exact) mass is 342 g/mol. The van der Waals surface area contributed by atoms with E-state index >= 15 is 0 Å². The Balaban J connectivity index is 1.64. The predicted octanol–water partition coefficient (Wildman–Crippen LogP) is 3.32. The van der Waals surface area contributed by atoms with Crippen LogP contribution in [0.25, 0.3) is 0 Å². The highest BCUT2D eigenvalue weighted by molar-refractivity contribution is 6.33. The maximum Gasteiger partial charge on any atom is 0.227 e. The first-order valence-electron chi connectivity index (χ1n) is 7.93. The molecule has 1 N–H and O–H groups in total. The number of nitrogens with one attached hydrogen (secondary N) is 1. The number of nitrogens with zero attached hydrogens (tertiary/aromatic N) is 1. The van der Waals surface area contributed by atoms with Gasteiger partial charge in [-0.05, 0) is 30.2 Å². The second-order valence-corrected chi connectivity index (χ2v) is 6.41. The first kappa shape index (κ1) is 16.5. The maximum atomic E-state index is 12.4. The summed E-state index contributed by atoms with van der Waals surface area (Å²) in [6, 6.07) is 15.1. The number of halogens is 1. The Bertz CT molecular complexity index is 775. The molecule has 0 radical (unpaired) electrons. The van der Waals surface area contributed by atoms with E-state index in [1.165, 1.54) is 0 Å². The lowest BCUT2D eigenvalue weighted by atomic mass is 10.1. The van der Waals surface area contributed by atoms with E-state index in [1.807, 2.05) is 43.3 Å². The summed E-state index contributed by atoms with van der Waals surface area (Å²) >= 11 is 6.16. The molecule has 1 atom stereocenters. The standard InChI is InChI=1S/C19H19ClN2O2/c1-13-6-2-3-7-14(13)11-21-19(24)15-10-18(23)22(12-15)17-9-5-4-8-16(17)20/h2-9,15H,10-12H2,1H3,(H,21,24)/t15-/m0/s1. The van der Waals surface area contributed by atoms with Crippen LogP contribution in [0.15, 0.2) is 48.5 Å². The minimum Gasteiger partial charge on any atom is -0.352 e. The summed E-state index contributed by atoms with van der Waals surface area (Å²) < 4.78 is 0. The molecule has 1 fully saturated rings. The molecule has 5 heteroatoms. The van der Waals surface area contributed by atoms with E-state index in [1.54, 1.807) is 17.0 Å². The highest BCUT2D eigenvalue weighted by atomic mass is 35.5. The summed E-state index contributed by atoms with van der Waals surface area (Å²) in [5, 5.41) is 3.46. The first-order chi connectivity index (χ1) is 11.6. The first-order valence-corrected chi connectivity index (χ1v) is 8.31. The Morgan fingerprint density at radius 1 is 1.21 bits per heavy atom. The van der Waals surface area contributed by atoms with E-state index < -0.39 is 0 Å². The van der Waals surface area contributed by atoms with Crippen LogP contribution < -0.4 is 10.2 Å². The number of rotatable bonds is 4. The number of anilines is 1. The highest BCUT2D eigenvalue weighted by Crippen LogP contribution is 2.31. The van der Waals surface area contributed by atoms with E-state index in [0.717, 1.165) is 11.1 Å². The van der Waals surface area contributed by atoms with Crippen molar-refractivity contribution in [3.8, 4) is 0 Å². The van der Waals surface area contributed by atoms with Gasteiger partial charge in [-0.15, -0.1) is 0 Å². The average Bonchev–Trinajstić information content (AvgIpc) is 2.96. The largest absolute Gasteiger partial charge is 0.352 e. The molecule has 0 saturated carbocycles. The lowest BCUT2D eigenvalue weighted by Gasteiger charge is -2.18. The molecule has 3 rings (SSSR count). The van der Waals surface area contributed by atoms with Gasteiger partial charge in [-0.25, -0.2) is 0 Å². The topological polar surface area (TPSA) is 49.4 Å². The molecule has 4 nitrogen and oxygen atoms in total. The van der Waals surface area contributed by atoms with Gasteiger partial charge in [0.15, 0.2) is 0 Å². The van der Waals surface area contributed by atoms with Gasteiger partial charge in [0.05, 0.1) is 16.6 Å². The van der Waals surface area contributed by atoms with Crippen LogP contribution in [0.3, 0.4) is 0 Å². The molecule has 0 unspecified atom stereocenters. The Morgan fingerprint density at radius 3 is 2.67 bits per heavy atom. The molecule has 2 aromatic carbocycles. The molecule has 2 aromatic rings. The third-order valence-electron chi connectivity index (χ3n) is 4.35. The predicted molar refractivity (Wildman–Crippen MR) is 94.9 cm³/mol. The Hall–Kier alpha value is -2.33. The lowest BCUT2D eigenvalue weighted by molar-refractivity contribution is -0.126. The number of carbonyl (C=O) groups excluding carboxylic acids is 2. The number of hydrogen-bond acceptors (Lipinski definition) is 2. The highest BCUT2D eigenvalue weighted by Gasteiger charge is 2.35. The minimum atomic E-state index is -0.349. The van der Waals surface area contributed by atoms with Gasteiger partial charge in [-0.3, -0.25) is 9.59 Å². The van der Waals surface area contributed by atoms with Gasteiger partial charge in [0.2, 0.25) is 11.8 Å². The van der Waals surface area contributed by atoms with Crippen molar-refractivity contribution in [3.05, 3.63) is 64.7 Å². The fourth-order valence-corrected chi connectivity index (χ4v) is 3.16. The smallest absolute Gasteiger partial charge is 0.227 e. The van der Waals surface area contributed by atoms with Crippen molar-refractivity contribution in [2.45, 2.75) is 19.9 Å². The number of hydrogen-bond donors (Lipinski definition) is 1. The molecule has 1 aliphatic heterocycles. The van der Waals surface area contributed by atoms with Crippen LogP contribution in [0.1, 0.15) is 17.5 Å². The number of carbonyl (C=O) groups is 2. The molecular weight excluding hydrogens is 324 g/mol. The van der Waals surface area contributed by atoms with Crippen LogP contribution in [0.5, 0.6) is 0 Å². The summed E-state index contributed by atoms with van der Waals surface area (Å²) in [5.41, 5.74) is 2.88. The van der Waals surface area contributed by atoms with Gasteiger partial charge >= 0.3 is 0 Å². The lowest BCUT2D eigenvalue weighted by Crippen LogP contribution is -2.32. The molecule has 24 heavy (non-hydrogen) atoms. The van der Waals surface area contributed by atoms with E-state index in [4.69, 9.17) is 11.6 Å². The summed E-state index contributed by atoms with van der Waals surface area (Å²) in [5.74, 6) is -0.516. The Labute approximate surface area is 146 Å². The minimum absolute atomic E-state index is 0.0702. The van der Waals surface area contributed by atoms with Gasteiger partial charge in [-0.1, -0.05) is 48.0 Å². The summed E-state index contributed by atoms with van der Waals surface area (Å²) in [7, 11) is 0. The van der Waals surface area contributed by atoms with Gasteiger partial charge in [-0.2, -0.15) is 0 Å². The van der Waals surface area contributed by atoms with Crippen LogP contribution in [0, 0.1) is 12.8 Å². The van der Waals surface area contributed by atoms with E-state index in [2.05, 4.69) is 5.32 Å². The normalized spacial score (nSPS) is 17.2. The van der Waals surface area contributed by atoms with Gasteiger partial charge in [0.1, 0.15) is 0 Å². The van der Waals surface area contributed by atoms with Crippen molar-refractivity contribution >= 4 is 29.1 Å². The second-order valence-electron chi connectivity index (χ2n) is 6.00. The number of benzene rings is 2. The van der Waals surface area contributed by atoms with E-state index in [0.29, 0.717) is 23.8 Å². The van der Waals surface area contributed by atoms with Crippen molar-refractivity contribution in [2.24, 2.45) is 5.92 Å². The zero-order valence-electron chi connectivity index (χ0n) is 13.5. The van der Waals surface area contributed by atoms with Crippen molar-refractivity contribution in [2.75, 3.05) is 11.4 Å². The summed E-state index contributed by atoms with van der Waals surface area (Å²) in [6.07, 6.45) is 0.213. The number of amides is 2. The molecule has 0 aromatic heterocycles. The molecule has 0 spiro atoms. The van der Waals surface area contributed by atoms with Crippen LogP contribution >= 0.6 is 11.6 Å². The molecule has 1 aliphatic rings. The molecule has 0 aliphatic carbocycles. The third kappa shape index (κ3) is 3.44. The van der Waals surface area contributed by atoms with Crippen LogP contribution in [-0.4, -0.2) is 18.4 Å². The SMILES string of the molecule is Cc1ccccc1CNC(=O)[C@H]1CC(=O)N(c2ccccc2Cl)C1. The van der Waals surface area contributed by atoms with Crippen molar-refractivity contribution in [1.82, 2.24) is 5.32 Å². The molecule has 0 bridgehead atoms. The number of aryl methyl sites for hydroxylation is 1. The van der Waals surface area contributed by atoms with E-state index in [9.17, 15) is 9.59 Å². The Morgan fingerprint density at radius 2 is 1.92 bits per heavy atom. The molecule has 2 amide bonds. The van der Waals surface area contributed by atoms with Gasteiger partial charge in [0.25, 0.3) is 0 Å². The maximum absolute atomic E-state index is 12.4. The molecular formula is C19H19ClN2O2. The van der Waals surface area contributed by atoms with Crippen molar-refractivity contribution < 1.29 is 9.59 Å². The van der Waals surface area contributed by atoms with Crippen molar-refractivity contribution in [3.63, 3.8) is 0 Å². The molecule has 1 saturated heterocycles. The Kier molecular flexibility index (Phi) is 4.86. The van der Waals surface area contributed by atoms with Gasteiger partial charge in [0, 0.05) is 19.5 Å². The fraction of sp³-hybridized carbons (Fsp3) is 0.263. The zero-order chi connectivity index (χ0) is 17.1. The zero-order valence-corrected chi connectivity index (χ0v) is 14.2. The summed E-state index contributed by atoms with van der Waals surface area (Å²) in [6.45, 7) is 2.85. The molecule has 124 valence electrons. The van der Waals surface area contributed by atoms with Crippen LogP contribution in [0.4, 0.5) is 5.69 Å². The van der Waals surface area contributed by atoms with Crippen LogP contribution in [-0.2, 0) is 16.1 Å².